The average molecular weight is 554 g/mol. The zero-order valence-electron chi connectivity index (χ0n) is 22.6. The first-order chi connectivity index (χ1) is 18.6. The number of carboxylic acids is 1. The lowest BCUT2D eigenvalue weighted by Crippen LogP contribution is -2.62. The summed E-state index contributed by atoms with van der Waals surface area (Å²) in [4.78, 5) is 37.1. The van der Waals surface area contributed by atoms with Crippen molar-refractivity contribution in [3.05, 3.63) is 35.9 Å². The molecule has 10 heteroatoms. The zero-order valence-corrected chi connectivity index (χ0v) is 22.6. The first kappa shape index (κ1) is 30.9. The van der Waals surface area contributed by atoms with Gasteiger partial charge in [0.2, 0.25) is 11.8 Å². The number of carboxylic acid groups (broad SMARTS) is 1. The summed E-state index contributed by atoms with van der Waals surface area (Å²) in [5, 5.41) is 12.0. The number of carbonyl (C=O) groups is 3. The van der Waals surface area contributed by atoms with Gasteiger partial charge in [-0.15, -0.1) is 0 Å². The van der Waals surface area contributed by atoms with Gasteiger partial charge in [0.15, 0.2) is 0 Å². The van der Waals surface area contributed by atoms with Gasteiger partial charge in [0.1, 0.15) is 12.0 Å². The Bertz CT molecular complexity index is 929. The summed E-state index contributed by atoms with van der Waals surface area (Å²) in [5.74, 6) is -1.37. The standard InChI is InChI=1S/C27H41N3O2.C2HF3O2/c28-23-15-13-20(14-16-23)19-29-27(32)25-12-7-17-30(25)26(31)18-24(21-8-3-1-4-9-21)22-10-5-2-6-11-22;3-2(4,5)1(6)7/h1,3-4,8-9,20,22-25H,2,5-7,10-19,28H2,(H,29,32);(H,6,7)/t20?,23?,24-,25+;/m1./s1. The SMILES string of the molecule is O=C([O-])C(F)(F)F.[NH3+]C1CCC(CNC(=O)[C@@H]2CCCN2C(=O)C[C@H](c2ccccc2)C2CCCCC2)CC1. The van der Waals surface area contributed by atoms with Gasteiger partial charge in [-0.3, -0.25) is 9.59 Å². The van der Waals surface area contributed by atoms with Crippen LogP contribution in [-0.4, -0.2) is 54.0 Å². The molecule has 2 aliphatic carbocycles. The number of likely N-dealkylation sites (tertiary alicyclic amines) is 1. The molecule has 1 aliphatic heterocycles. The first-order valence-electron chi connectivity index (χ1n) is 14.3. The maximum atomic E-state index is 13.5. The van der Waals surface area contributed by atoms with Gasteiger partial charge in [-0.05, 0) is 74.7 Å². The molecule has 4 N–H and O–H groups in total. The van der Waals surface area contributed by atoms with E-state index in [1.54, 1.807) is 0 Å². The van der Waals surface area contributed by atoms with Crippen molar-refractivity contribution < 1.29 is 38.4 Å². The van der Waals surface area contributed by atoms with Crippen LogP contribution < -0.4 is 16.2 Å². The number of halogens is 3. The van der Waals surface area contributed by atoms with E-state index in [0.717, 1.165) is 51.6 Å². The Morgan fingerprint density at radius 2 is 1.56 bits per heavy atom. The summed E-state index contributed by atoms with van der Waals surface area (Å²) < 4.78 is 31.5. The van der Waals surface area contributed by atoms with Crippen molar-refractivity contribution in [3.63, 3.8) is 0 Å². The number of aliphatic carboxylic acids is 1. The van der Waals surface area contributed by atoms with Crippen molar-refractivity contribution in [2.45, 2.75) is 101 Å². The van der Waals surface area contributed by atoms with Crippen LogP contribution >= 0.6 is 0 Å². The molecule has 2 amide bonds. The molecule has 1 saturated heterocycles. The Morgan fingerprint density at radius 3 is 2.15 bits per heavy atom. The molecular formula is C29H42F3N3O4. The second-order valence-electron chi connectivity index (χ2n) is 11.3. The normalized spacial score (nSPS) is 24.8. The third-order valence-corrected chi connectivity index (χ3v) is 8.48. The second kappa shape index (κ2) is 14.7. The van der Waals surface area contributed by atoms with Crippen molar-refractivity contribution in [1.29, 1.82) is 0 Å². The minimum absolute atomic E-state index is 0.0570. The summed E-state index contributed by atoms with van der Waals surface area (Å²) >= 11 is 0. The number of nitrogens with one attached hydrogen (secondary N) is 1. The Labute approximate surface area is 228 Å². The molecule has 0 unspecified atom stereocenters. The van der Waals surface area contributed by atoms with Gasteiger partial charge in [0.25, 0.3) is 0 Å². The van der Waals surface area contributed by atoms with Gasteiger partial charge in [-0.25, -0.2) is 0 Å². The molecule has 0 aromatic heterocycles. The molecule has 1 aromatic carbocycles. The molecular weight excluding hydrogens is 511 g/mol. The molecule has 0 radical (unpaired) electrons. The summed E-state index contributed by atoms with van der Waals surface area (Å²) in [5.41, 5.74) is 5.45. The smallest absolute Gasteiger partial charge is 0.430 e. The van der Waals surface area contributed by atoms with E-state index in [2.05, 4.69) is 35.3 Å². The molecule has 1 aromatic rings. The van der Waals surface area contributed by atoms with Crippen molar-refractivity contribution >= 4 is 17.8 Å². The highest BCUT2D eigenvalue weighted by molar-refractivity contribution is 5.88. The predicted molar refractivity (Wildman–Crippen MR) is 138 cm³/mol. The number of benzene rings is 1. The lowest BCUT2D eigenvalue weighted by molar-refractivity contribution is -0.426. The molecule has 0 spiro atoms. The number of alkyl halides is 3. The summed E-state index contributed by atoms with van der Waals surface area (Å²) in [6.45, 7) is 1.47. The van der Waals surface area contributed by atoms with E-state index in [1.807, 2.05) is 11.0 Å². The number of quaternary nitrogens is 1. The maximum absolute atomic E-state index is 13.5. The van der Waals surface area contributed by atoms with Gasteiger partial charge in [0.05, 0.1) is 6.04 Å². The lowest BCUT2D eigenvalue weighted by Gasteiger charge is -2.33. The minimum atomic E-state index is -5.19. The number of amides is 2. The number of rotatable bonds is 7. The largest absolute Gasteiger partial charge is 0.542 e. The minimum Gasteiger partial charge on any atom is -0.542 e. The highest BCUT2D eigenvalue weighted by atomic mass is 19.4. The highest BCUT2D eigenvalue weighted by Gasteiger charge is 2.37. The van der Waals surface area contributed by atoms with E-state index in [4.69, 9.17) is 9.90 Å². The summed E-state index contributed by atoms with van der Waals surface area (Å²) in [6.07, 6.45) is 7.98. The van der Waals surface area contributed by atoms with Gasteiger partial charge >= 0.3 is 6.18 Å². The lowest BCUT2D eigenvalue weighted by atomic mass is 9.75. The quantitative estimate of drug-likeness (QED) is 0.540. The number of hydrogen-bond donors (Lipinski definition) is 2. The zero-order chi connectivity index (χ0) is 28.4. The average Bonchev–Trinajstić information content (AvgIpc) is 3.42. The molecule has 0 bridgehead atoms. The van der Waals surface area contributed by atoms with Gasteiger partial charge in [-0.1, -0.05) is 49.6 Å². The Morgan fingerprint density at radius 1 is 0.949 bits per heavy atom. The molecule has 39 heavy (non-hydrogen) atoms. The van der Waals surface area contributed by atoms with E-state index >= 15 is 0 Å². The van der Waals surface area contributed by atoms with Crippen LogP contribution in [0.5, 0.6) is 0 Å². The topological polar surface area (TPSA) is 117 Å². The van der Waals surface area contributed by atoms with Gasteiger partial charge < -0.3 is 25.9 Å². The fraction of sp³-hybridized carbons (Fsp3) is 0.690. The molecule has 1 heterocycles. The number of nitrogens with zero attached hydrogens (tertiary/aromatic N) is 1. The third-order valence-electron chi connectivity index (χ3n) is 8.48. The second-order valence-corrected chi connectivity index (χ2v) is 11.3. The molecule has 3 fully saturated rings. The molecule has 218 valence electrons. The molecule has 2 saturated carbocycles. The fourth-order valence-electron chi connectivity index (χ4n) is 6.23. The molecule has 4 rings (SSSR count). The van der Waals surface area contributed by atoms with Crippen LogP contribution in [0.4, 0.5) is 13.2 Å². The molecule has 7 nitrogen and oxygen atoms in total. The van der Waals surface area contributed by atoms with Crippen molar-refractivity contribution in [2.24, 2.45) is 11.8 Å². The Hall–Kier alpha value is -2.62. The van der Waals surface area contributed by atoms with Crippen molar-refractivity contribution in [3.8, 4) is 0 Å². The third kappa shape index (κ3) is 9.51. The maximum Gasteiger partial charge on any atom is 0.430 e. The van der Waals surface area contributed by atoms with Crippen LogP contribution in [0.25, 0.3) is 0 Å². The van der Waals surface area contributed by atoms with Crippen molar-refractivity contribution in [1.82, 2.24) is 10.2 Å². The summed E-state index contributed by atoms with van der Waals surface area (Å²) in [7, 11) is 0. The van der Waals surface area contributed by atoms with Crippen LogP contribution in [0.1, 0.15) is 88.5 Å². The van der Waals surface area contributed by atoms with E-state index in [0.29, 0.717) is 24.3 Å². The molecule has 2 atom stereocenters. The van der Waals surface area contributed by atoms with Gasteiger partial charge in [-0.2, -0.15) is 13.2 Å². The Kier molecular flexibility index (Phi) is 11.6. The Balaban J connectivity index is 0.000000532. The van der Waals surface area contributed by atoms with Crippen LogP contribution in [0.3, 0.4) is 0 Å². The van der Waals surface area contributed by atoms with Crippen molar-refractivity contribution in [2.75, 3.05) is 13.1 Å². The van der Waals surface area contributed by atoms with E-state index in [-0.39, 0.29) is 23.8 Å². The van der Waals surface area contributed by atoms with E-state index in [1.165, 1.54) is 37.7 Å². The van der Waals surface area contributed by atoms with Crippen LogP contribution in [0.15, 0.2) is 30.3 Å². The number of carbonyl (C=O) groups excluding carboxylic acids is 3. The number of hydrogen-bond acceptors (Lipinski definition) is 4. The summed E-state index contributed by atoms with van der Waals surface area (Å²) in [6, 6.07) is 10.9. The fourth-order valence-corrected chi connectivity index (χ4v) is 6.23. The van der Waals surface area contributed by atoms with Crippen LogP contribution in [0.2, 0.25) is 0 Å². The van der Waals surface area contributed by atoms with Crippen LogP contribution in [-0.2, 0) is 14.4 Å². The van der Waals surface area contributed by atoms with E-state index < -0.39 is 12.1 Å². The predicted octanol–water partition coefficient (Wildman–Crippen LogP) is 2.95. The van der Waals surface area contributed by atoms with Crippen LogP contribution in [0, 0.1) is 11.8 Å². The highest BCUT2D eigenvalue weighted by Crippen LogP contribution is 2.39. The monoisotopic (exact) mass is 553 g/mol. The first-order valence-corrected chi connectivity index (χ1v) is 14.3. The van der Waals surface area contributed by atoms with Gasteiger partial charge in [0, 0.05) is 19.5 Å². The van der Waals surface area contributed by atoms with E-state index in [9.17, 15) is 22.8 Å². The molecule has 3 aliphatic rings.